The van der Waals surface area contributed by atoms with E-state index in [9.17, 15) is 0 Å². The first-order valence-corrected chi connectivity index (χ1v) is 7.11. The first-order valence-electron chi connectivity index (χ1n) is 6.32. The van der Waals surface area contributed by atoms with Crippen LogP contribution in [0.25, 0.3) is 0 Å². The van der Waals surface area contributed by atoms with Crippen LogP contribution in [0.4, 0.5) is 0 Å². The number of ether oxygens (including phenoxy) is 1. The lowest BCUT2D eigenvalue weighted by atomic mass is 10.1. The number of hydrogen-bond acceptors (Lipinski definition) is 3. The van der Waals surface area contributed by atoms with E-state index in [4.69, 9.17) is 4.74 Å². The van der Waals surface area contributed by atoms with Crippen molar-refractivity contribution in [2.24, 2.45) is 0 Å². The molecule has 1 aromatic carbocycles. The second-order valence-electron chi connectivity index (χ2n) is 4.24. The van der Waals surface area contributed by atoms with E-state index in [1.807, 2.05) is 42.6 Å². The zero-order chi connectivity index (χ0) is 13.7. The molecule has 2 aromatic rings. The van der Waals surface area contributed by atoms with Crippen LogP contribution in [0, 0.1) is 0 Å². The summed E-state index contributed by atoms with van der Waals surface area (Å²) < 4.78 is 6.64. The molecule has 19 heavy (non-hydrogen) atoms. The molecular formula is C15H17BrN2O. The van der Waals surface area contributed by atoms with Gasteiger partial charge in [0.25, 0.3) is 0 Å². The standard InChI is InChI=1S/C15H17BrN2O/c1-3-17-11(2)12-8-9-15(18-10-12)19-14-7-5-4-6-13(14)16/h4-11,17H,3H2,1-2H3. The van der Waals surface area contributed by atoms with Gasteiger partial charge < -0.3 is 10.1 Å². The quantitative estimate of drug-likeness (QED) is 0.891. The Bertz CT molecular complexity index is 528. The van der Waals surface area contributed by atoms with Crippen molar-refractivity contribution in [1.82, 2.24) is 10.3 Å². The summed E-state index contributed by atoms with van der Waals surface area (Å²) in [5, 5.41) is 3.35. The highest BCUT2D eigenvalue weighted by atomic mass is 79.9. The molecule has 0 aliphatic carbocycles. The number of benzene rings is 1. The average molecular weight is 321 g/mol. The van der Waals surface area contributed by atoms with Crippen molar-refractivity contribution in [3.05, 3.63) is 52.6 Å². The van der Waals surface area contributed by atoms with E-state index < -0.39 is 0 Å². The van der Waals surface area contributed by atoms with Crippen LogP contribution in [-0.2, 0) is 0 Å². The number of rotatable bonds is 5. The third-order valence-corrected chi connectivity index (χ3v) is 3.48. The maximum absolute atomic E-state index is 5.73. The van der Waals surface area contributed by atoms with Gasteiger partial charge in [0.1, 0.15) is 5.75 Å². The summed E-state index contributed by atoms with van der Waals surface area (Å²) in [6.45, 7) is 5.15. The summed E-state index contributed by atoms with van der Waals surface area (Å²) >= 11 is 3.45. The average Bonchev–Trinajstić information content (AvgIpc) is 2.42. The van der Waals surface area contributed by atoms with Crippen molar-refractivity contribution < 1.29 is 4.74 Å². The van der Waals surface area contributed by atoms with Gasteiger partial charge in [-0.25, -0.2) is 4.98 Å². The fourth-order valence-electron chi connectivity index (χ4n) is 1.77. The van der Waals surface area contributed by atoms with Gasteiger partial charge in [0.2, 0.25) is 5.88 Å². The van der Waals surface area contributed by atoms with E-state index in [0.29, 0.717) is 11.9 Å². The summed E-state index contributed by atoms with van der Waals surface area (Å²) in [5.74, 6) is 1.36. The molecule has 3 nitrogen and oxygen atoms in total. The minimum Gasteiger partial charge on any atom is -0.438 e. The van der Waals surface area contributed by atoms with E-state index in [2.05, 4.69) is 40.1 Å². The lowest BCUT2D eigenvalue weighted by Crippen LogP contribution is -2.17. The third-order valence-electron chi connectivity index (χ3n) is 2.82. The molecule has 100 valence electrons. The molecule has 0 spiro atoms. The Balaban J connectivity index is 2.09. The number of pyridine rings is 1. The Hall–Kier alpha value is -1.39. The molecule has 1 heterocycles. The molecule has 1 atom stereocenters. The fourth-order valence-corrected chi connectivity index (χ4v) is 2.14. The van der Waals surface area contributed by atoms with E-state index in [-0.39, 0.29) is 0 Å². The molecule has 0 amide bonds. The van der Waals surface area contributed by atoms with Gasteiger partial charge in [0.15, 0.2) is 0 Å². The Labute approximate surface area is 122 Å². The lowest BCUT2D eigenvalue weighted by molar-refractivity contribution is 0.458. The highest BCUT2D eigenvalue weighted by molar-refractivity contribution is 9.10. The topological polar surface area (TPSA) is 34.1 Å². The Kier molecular flexibility index (Phi) is 4.93. The Morgan fingerprint density at radius 1 is 1.26 bits per heavy atom. The molecule has 2 rings (SSSR count). The van der Waals surface area contributed by atoms with Gasteiger partial charge in [-0.3, -0.25) is 0 Å². The van der Waals surface area contributed by atoms with Gasteiger partial charge in [-0.2, -0.15) is 0 Å². The highest BCUT2D eigenvalue weighted by Gasteiger charge is 2.06. The van der Waals surface area contributed by atoms with Gasteiger partial charge in [-0.1, -0.05) is 25.1 Å². The van der Waals surface area contributed by atoms with Crippen LogP contribution < -0.4 is 10.1 Å². The van der Waals surface area contributed by atoms with Crippen molar-refractivity contribution in [3.63, 3.8) is 0 Å². The minimum absolute atomic E-state index is 0.301. The SMILES string of the molecule is CCNC(C)c1ccc(Oc2ccccc2Br)nc1. The maximum atomic E-state index is 5.73. The first-order chi connectivity index (χ1) is 9.20. The van der Waals surface area contributed by atoms with E-state index in [1.165, 1.54) is 0 Å². The van der Waals surface area contributed by atoms with Gasteiger partial charge in [-0.15, -0.1) is 0 Å². The largest absolute Gasteiger partial charge is 0.438 e. The molecule has 0 radical (unpaired) electrons. The Morgan fingerprint density at radius 2 is 2.05 bits per heavy atom. The number of halogens is 1. The molecular weight excluding hydrogens is 304 g/mol. The first kappa shape index (κ1) is 14.0. The monoisotopic (exact) mass is 320 g/mol. The second kappa shape index (κ2) is 6.68. The Morgan fingerprint density at radius 3 is 2.68 bits per heavy atom. The van der Waals surface area contributed by atoms with Crippen molar-refractivity contribution >= 4 is 15.9 Å². The highest BCUT2D eigenvalue weighted by Crippen LogP contribution is 2.28. The normalized spacial score (nSPS) is 12.2. The zero-order valence-corrected chi connectivity index (χ0v) is 12.6. The number of para-hydroxylation sites is 1. The van der Waals surface area contributed by atoms with Crippen LogP contribution in [0.1, 0.15) is 25.5 Å². The smallest absolute Gasteiger partial charge is 0.219 e. The van der Waals surface area contributed by atoms with Crippen molar-refractivity contribution in [2.45, 2.75) is 19.9 Å². The predicted molar refractivity (Wildman–Crippen MR) is 80.5 cm³/mol. The van der Waals surface area contributed by atoms with Crippen molar-refractivity contribution in [3.8, 4) is 11.6 Å². The molecule has 0 aliphatic heterocycles. The molecule has 0 saturated heterocycles. The summed E-state index contributed by atoms with van der Waals surface area (Å²) in [7, 11) is 0. The number of nitrogens with zero attached hydrogens (tertiary/aromatic N) is 1. The zero-order valence-electron chi connectivity index (χ0n) is 11.1. The van der Waals surface area contributed by atoms with Crippen molar-refractivity contribution in [2.75, 3.05) is 6.54 Å². The van der Waals surface area contributed by atoms with Crippen LogP contribution in [-0.4, -0.2) is 11.5 Å². The van der Waals surface area contributed by atoms with E-state index >= 15 is 0 Å². The van der Waals surface area contributed by atoms with E-state index in [0.717, 1.165) is 22.3 Å². The number of hydrogen-bond donors (Lipinski definition) is 1. The second-order valence-corrected chi connectivity index (χ2v) is 5.10. The molecule has 1 N–H and O–H groups in total. The number of nitrogens with one attached hydrogen (secondary N) is 1. The third kappa shape index (κ3) is 3.78. The van der Waals surface area contributed by atoms with Crippen molar-refractivity contribution in [1.29, 1.82) is 0 Å². The summed E-state index contributed by atoms with van der Waals surface area (Å²) in [5.41, 5.74) is 1.15. The molecule has 0 fully saturated rings. The maximum Gasteiger partial charge on any atom is 0.219 e. The van der Waals surface area contributed by atoms with Crippen LogP contribution in [0.5, 0.6) is 11.6 Å². The predicted octanol–water partition coefficient (Wildman–Crippen LogP) is 4.31. The molecule has 1 unspecified atom stereocenters. The fraction of sp³-hybridized carbons (Fsp3) is 0.267. The van der Waals surface area contributed by atoms with Crippen LogP contribution in [0.2, 0.25) is 0 Å². The lowest BCUT2D eigenvalue weighted by Gasteiger charge is -2.13. The van der Waals surface area contributed by atoms with Crippen LogP contribution in [0.3, 0.4) is 0 Å². The molecule has 4 heteroatoms. The number of aromatic nitrogens is 1. The molecule has 1 aromatic heterocycles. The molecule has 0 bridgehead atoms. The van der Waals surface area contributed by atoms with Gasteiger partial charge >= 0.3 is 0 Å². The van der Waals surface area contributed by atoms with Gasteiger partial charge in [-0.05, 0) is 47.1 Å². The summed E-state index contributed by atoms with van der Waals surface area (Å²) in [4.78, 5) is 4.34. The summed E-state index contributed by atoms with van der Waals surface area (Å²) in [6.07, 6.45) is 1.85. The minimum atomic E-state index is 0.301. The van der Waals surface area contributed by atoms with Crippen LogP contribution >= 0.6 is 15.9 Å². The van der Waals surface area contributed by atoms with Gasteiger partial charge in [0, 0.05) is 18.3 Å². The van der Waals surface area contributed by atoms with E-state index in [1.54, 1.807) is 0 Å². The molecule has 0 saturated carbocycles. The molecule has 0 aliphatic rings. The summed E-state index contributed by atoms with van der Waals surface area (Å²) in [6, 6.07) is 12.0. The van der Waals surface area contributed by atoms with Crippen LogP contribution in [0.15, 0.2) is 47.1 Å². The van der Waals surface area contributed by atoms with Gasteiger partial charge in [0.05, 0.1) is 4.47 Å².